The van der Waals surface area contributed by atoms with Crippen LogP contribution in [0.3, 0.4) is 0 Å². The lowest BCUT2D eigenvalue weighted by atomic mass is 9.83. The van der Waals surface area contributed by atoms with Crippen LogP contribution in [0.5, 0.6) is 0 Å². The number of ether oxygens (including phenoxy) is 8. The molecule has 0 radical (unpaired) electrons. The summed E-state index contributed by atoms with van der Waals surface area (Å²) < 4.78 is 48.2. The van der Waals surface area contributed by atoms with Gasteiger partial charge in [0.2, 0.25) is 12.2 Å². The highest BCUT2D eigenvalue weighted by Gasteiger charge is 2.54. The predicted molar refractivity (Wildman–Crippen MR) is 159 cm³/mol. The highest BCUT2D eigenvalue weighted by Crippen LogP contribution is 2.44. The summed E-state index contributed by atoms with van der Waals surface area (Å²) in [7, 11) is 0. The minimum absolute atomic E-state index is 0.0344. The van der Waals surface area contributed by atoms with Crippen molar-refractivity contribution in [1.82, 2.24) is 0 Å². The number of rotatable bonds is 5. The van der Waals surface area contributed by atoms with E-state index in [-0.39, 0.29) is 30.7 Å². The molecule has 0 aromatic heterocycles. The van der Waals surface area contributed by atoms with Crippen molar-refractivity contribution < 1.29 is 37.9 Å². The van der Waals surface area contributed by atoms with E-state index < -0.39 is 59.1 Å². The molecule has 9 nitrogen and oxygen atoms in total. The Morgan fingerprint density at radius 2 is 1.21 bits per heavy atom. The Kier molecular flexibility index (Phi) is 9.58. The van der Waals surface area contributed by atoms with Crippen molar-refractivity contribution in [3.05, 3.63) is 71.8 Å². The Labute approximate surface area is 266 Å². The van der Waals surface area contributed by atoms with E-state index >= 15 is 0 Å². The number of hydrogen-bond acceptors (Lipinski definition) is 9. The lowest BCUT2D eigenvalue weighted by molar-refractivity contribution is -0.386. The summed E-state index contributed by atoms with van der Waals surface area (Å²) in [6.07, 6.45) is -4.76. The van der Waals surface area contributed by atoms with Gasteiger partial charge in [-0.3, -0.25) is 5.41 Å². The van der Waals surface area contributed by atoms with Gasteiger partial charge >= 0.3 is 0 Å². The molecule has 0 spiro atoms. The van der Waals surface area contributed by atoms with Gasteiger partial charge in [0.25, 0.3) is 3.79 Å². The number of fused-ring (bicyclic) bond motifs is 2. The second-order valence-corrected chi connectivity index (χ2v) is 13.8. The van der Waals surface area contributed by atoms with Crippen molar-refractivity contribution in [2.24, 2.45) is 17.8 Å². The van der Waals surface area contributed by atoms with Crippen LogP contribution >= 0.6 is 34.8 Å². The summed E-state index contributed by atoms with van der Waals surface area (Å²) in [4.78, 5) is 0. The molecule has 4 saturated heterocycles. The molecule has 12 atom stereocenters. The SMILES string of the molecule is CC1[C@H](O[C@@H]2C(C)[C@@H](OC(=N)C(Cl)(Cl)Cl)OC3COC(c4ccccc4)O[C@H]32)OC2COC(c3ccccc3)O[C@H]2[C@@H]1C. The Morgan fingerprint density at radius 3 is 1.77 bits per heavy atom. The van der Waals surface area contributed by atoms with Crippen LogP contribution in [0.4, 0.5) is 0 Å². The van der Waals surface area contributed by atoms with E-state index in [4.69, 9.17) is 78.1 Å². The largest absolute Gasteiger partial charge is 0.448 e. The Morgan fingerprint density at radius 1 is 0.698 bits per heavy atom. The number of benzene rings is 2. The van der Waals surface area contributed by atoms with E-state index in [1.165, 1.54) is 0 Å². The van der Waals surface area contributed by atoms with Gasteiger partial charge in [-0.2, -0.15) is 0 Å². The number of halogens is 3. The molecular formula is C31H36Cl3NO8. The van der Waals surface area contributed by atoms with Gasteiger partial charge in [-0.15, -0.1) is 0 Å². The van der Waals surface area contributed by atoms with E-state index in [0.717, 1.165) is 11.1 Å². The van der Waals surface area contributed by atoms with E-state index in [9.17, 15) is 0 Å². The lowest BCUT2D eigenvalue weighted by Crippen LogP contribution is -2.63. The Hall–Kier alpha value is -1.50. The van der Waals surface area contributed by atoms with Crippen LogP contribution in [0, 0.1) is 23.2 Å². The average Bonchev–Trinajstić information content (AvgIpc) is 3.01. The molecule has 2 aromatic rings. The number of hydrogen-bond donors (Lipinski definition) is 1. The Balaban J connectivity index is 1.21. The first-order valence-corrected chi connectivity index (χ1v) is 15.7. The van der Waals surface area contributed by atoms with Gasteiger partial charge < -0.3 is 37.9 Å². The molecule has 0 saturated carbocycles. The van der Waals surface area contributed by atoms with Crippen molar-refractivity contribution in [3.63, 3.8) is 0 Å². The van der Waals surface area contributed by atoms with Gasteiger partial charge in [0.05, 0.1) is 25.4 Å². The molecule has 4 aliphatic rings. The van der Waals surface area contributed by atoms with E-state index in [2.05, 4.69) is 13.8 Å². The second kappa shape index (κ2) is 13.1. The van der Waals surface area contributed by atoms with Gasteiger partial charge in [-0.1, -0.05) is 116 Å². The summed E-state index contributed by atoms with van der Waals surface area (Å²) in [5.74, 6) is -0.918. The molecule has 4 heterocycles. The maximum Gasteiger partial charge on any atom is 0.265 e. The van der Waals surface area contributed by atoms with Crippen molar-refractivity contribution in [2.45, 2.75) is 80.2 Å². The fourth-order valence-electron chi connectivity index (χ4n) is 6.07. The van der Waals surface area contributed by atoms with Crippen LogP contribution < -0.4 is 0 Å². The minimum Gasteiger partial charge on any atom is -0.448 e. The first-order valence-electron chi connectivity index (χ1n) is 14.5. The van der Waals surface area contributed by atoms with E-state index in [1.54, 1.807) is 0 Å². The zero-order chi connectivity index (χ0) is 30.3. The third kappa shape index (κ3) is 6.72. The summed E-state index contributed by atoms with van der Waals surface area (Å²) in [6.45, 7) is 6.71. The predicted octanol–water partition coefficient (Wildman–Crippen LogP) is 6.32. The normalized spacial score (nSPS) is 39.8. The molecule has 43 heavy (non-hydrogen) atoms. The van der Waals surface area contributed by atoms with Crippen LogP contribution in [-0.2, 0) is 37.9 Å². The van der Waals surface area contributed by atoms with Crippen molar-refractivity contribution in [2.75, 3.05) is 13.2 Å². The standard InChI is InChI=1S/C31H36Cl3NO8/c1-16-17(2)26(38-21-14-36-28(40-23(16)21)19-10-6-4-7-11-19)41-24-18(3)27(43-30(35)31(32,33)34)39-22-15-37-29(42-25(22)24)20-12-8-5-9-13-20/h4-13,16-18,21-29,35H,14-15H2,1-3H3/t16-,17?,18?,21?,22?,23+,24-,25-,26+,27-,28?,29?/m1/s1. The summed E-state index contributed by atoms with van der Waals surface area (Å²) in [5.41, 5.74) is 1.85. The second-order valence-electron chi connectivity index (χ2n) is 11.6. The summed E-state index contributed by atoms with van der Waals surface area (Å²) >= 11 is 17.8. The summed E-state index contributed by atoms with van der Waals surface area (Å²) in [5, 5.41) is 8.15. The third-order valence-corrected chi connectivity index (χ3v) is 9.23. The van der Waals surface area contributed by atoms with Crippen LogP contribution in [0.25, 0.3) is 0 Å². The summed E-state index contributed by atoms with van der Waals surface area (Å²) in [6, 6.07) is 19.6. The average molecular weight is 657 g/mol. The Bertz CT molecular complexity index is 1230. The smallest absolute Gasteiger partial charge is 0.265 e. The maximum atomic E-state index is 8.15. The van der Waals surface area contributed by atoms with Crippen molar-refractivity contribution in [3.8, 4) is 0 Å². The molecule has 0 aliphatic carbocycles. The maximum absolute atomic E-state index is 8.15. The molecular weight excluding hydrogens is 621 g/mol. The number of nitrogens with one attached hydrogen (secondary N) is 1. The van der Waals surface area contributed by atoms with Crippen molar-refractivity contribution in [1.29, 1.82) is 5.41 Å². The molecule has 234 valence electrons. The van der Waals surface area contributed by atoms with Crippen LogP contribution in [0.2, 0.25) is 0 Å². The van der Waals surface area contributed by atoms with Gasteiger partial charge in [-0.05, 0) is 5.92 Å². The van der Waals surface area contributed by atoms with Gasteiger partial charge in [0.1, 0.15) is 18.3 Å². The fourth-order valence-corrected chi connectivity index (χ4v) is 6.21. The zero-order valence-corrected chi connectivity index (χ0v) is 26.3. The topological polar surface area (TPSA) is 97.7 Å². The first kappa shape index (κ1) is 31.5. The van der Waals surface area contributed by atoms with Crippen LogP contribution in [-0.4, -0.2) is 66.0 Å². The molecule has 4 fully saturated rings. The zero-order valence-electron chi connectivity index (χ0n) is 24.0. The molecule has 6 unspecified atom stereocenters. The number of alkyl halides is 3. The van der Waals surface area contributed by atoms with Gasteiger partial charge in [-0.25, -0.2) is 0 Å². The fraction of sp³-hybridized carbons (Fsp3) is 0.581. The van der Waals surface area contributed by atoms with Crippen molar-refractivity contribution >= 4 is 40.7 Å². The van der Waals surface area contributed by atoms with Gasteiger partial charge in [0, 0.05) is 23.0 Å². The quantitative estimate of drug-likeness (QED) is 0.227. The molecule has 0 bridgehead atoms. The molecule has 6 rings (SSSR count). The molecule has 12 heteroatoms. The van der Waals surface area contributed by atoms with Crippen LogP contribution in [0.15, 0.2) is 60.7 Å². The van der Waals surface area contributed by atoms with E-state index in [1.807, 2.05) is 67.6 Å². The minimum atomic E-state index is -2.04. The highest BCUT2D eigenvalue weighted by molar-refractivity contribution is 6.76. The monoisotopic (exact) mass is 655 g/mol. The highest BCUT2D eigenvalue weighted by atomic mass is 35.6. The molecule has 1 N–H and O–H groups in total. The molecule has 2 aromatic carbocycles. The van der Waals surface area contributed by atoms with Gasteiger partial charge in [0.15, 0.2) is 18.9 Å². The molecule has 4 aliphatic heterocycles. The third-order valence-electron chi connectivity index (χ3n) is 8.71. The molecule has 0 amide bonds. The lowest BCUT2D eigenvalue weighted by Gasteiger charge is -2.52. The first-order chi connectivity index (χ1) is 20.6. The van der Waals surface area contributed by atoms with Crippen LogP contribution in [0.1, 0.15) is 44.5 Å². The van der Waals surface area contributed by atoms with E-state index in [0.29, 0.717) is 6.61 Å².